The Morgan fingerprint density at radius 3 is 2.63 bits per heavy atom. The number of allylic oxidation sites excluding steroid dienone is 1. The van der Waals surface area contributed by atoms with Gasteiger partial charge in [-0.1, -0.05) is 19.1 Å². The number of hydrogen-bond acceptors (Lipinski definition) is 5. The normalized spacial score (nSPS) is 16.0. The smallest absolute Gasteiger partial charge is 0.224 e. The Bertz CT molecular complexity index is 1080. The van der Waals surface area contributed by atoms with Gasteiger partial charge in [0.05, 0.1) is 17.2 Å². The molecule has 0 saturated heterocycles. The van der Waals surface area contributed by atoms with Gasteiger partial charge in [-0.25, -0.2) is 9.67 Å². The first-order valence-electron chi connectivity index (χ1n) is 8.78. The quantitative estimate of drug-likeness (QED) is 0.775. The van der Waals surface area contributed by atoms with E-state index in [4.69, 9.17) is 10.5 Å². The van der Waals surface area contributed by atoms with Gasteiger partial charge in [-0.05, 0) is 31.0 Å². The molecule has 2 aromatic heterocycles. The van der Waals surface area contributed by atoms with E-state index in [1.54, 1.807) is 10.9 Å². The molecule has 0 radical (unpaired) electrons. The molecule has 1 aliphatic rings. The molecular formula is C20H20N6O. The monoisotopic (exact) mass is 360 g/mol. The van der Waals surface area contributed by atoms with Crippen LogP contribution < -0.4 is 10.5 Å². The van der Waals surface area contributed by atoms with Crippen LogP contribution in [0.4, 0.5) is 0 Å². The van der Waals surface area contributed by atoms with Crippen LogP contribution in [-0.2, 0) is 13.5 Å². The molecule has 0 spiro atoms. The maximum Gasteiger partial charge on any atom is 0.224 e. The standard InChI is InChI=1S/C20H20N6O/c1-4-16-18-17(15(11-21)19(22)27-20(18)25(3)24-16)13-5-7-14(8-6-13)26-10-9-23-12(26)2/h5-10,17H,4,22H2,1-3H3. The maximum atomic E-state index is 9.72. The summed E-state index contributed by atoms with van der Waals surface area (Å²) >= 11 is 0. The largest absolute Gasteiger partial charge is 0.422 e. The number of imidazole rings is 1. The summed E-state index contributed by atoms with van der Waals surface area (Å²) in [7, 11) is 1.82. The zero-order valence-electron chi connectivity index (χ0n) is 15.5. The number of fused-ring (bicyclic) bond motifs is 1. The molecule has 0 bridgehead atoms. The molecule has 0 fully saturated rings. The Morgan fingerprint density at radius 1 is 1.30 bits per heavy atom. The number of nitrogens with two attached hydrogens (primary N) is 1. The average Bonchev–Trinajstić information content (AvgIpc) is 3.24. The number of nitrogens with zero attached hydrogens (tertiary/aromatic N) is 5. The molecule has 1 aromatic carbocycles. The van der Waals surface area contributed by atoms with Crippen molar-refractivity contribution in [3.05, 3.63) is 70.8 Å². The molecule has 3 aromatic rings. The van der Waals surface area contributed by atoms with Crippen molar-refractivity contribution in [3.63, 3.8) is 0 Å². The second-order valence-electron chi connectivity index (χ2n) is 6.50. The van der Waals surface area contributed by atoms with Crippen LogP contribution >= 0.6 is 0 Å². The van der Waals surface area contributed by atoms with Gasteiger partial charge in [0, 0.05) is 25.1 Å². The minimum Gasteiger partial charge on any atom is -0.422 e. The van der Waals surface area contributed by atoms with E-state index in [1.165, 1.54) is 0 Å². The van der Waals surface area contributed by atoms with Crippen LogP contribution in [-0.4, -0.2) is 19.3 Å². The van der Waals surface area contributed by atoms with Crippen molar-refractivity contribution in [2.75, 3.05) is 0 Å². The Morgan fingerprint density at radius 2 is 2.04 bits per heavy atom. The lowest BCUT2D eigenvalue weighted by Crippen LogP contribution is -2.22. The Labute approximate surface area is 157 Å². The summed E-state index contributed by atoms with van der Waals surface area (Å²) in [6.07, 6.45) is 4.44. The lowest BCUT2D eigenvalue weighted by Gasteiger charge is -2.25. The molecule has 1 aliphatic heterocycles. The second-order valence-corrected chi connectivity index (χ2v) is 6.50. The van der Waals surface area contributed by atoms with Gasteiger partial charge in [0.1, 0.15) is 17.5 Å². The molecule has 1 unspecified atom stereocenters. The van der Waals surface area contributed by atoms with Gasteiger partial charge in [0.2, 0.25) is 11.8 Å². The summed E-state index contributed by atoms with van der Waals surface area (Å²) in [4.78, 5) is 4.26. The van der Waals surface area contributed by atoms with E-state index in [0.29, 0.717) is 11.5 Å². The molecule has 2 N–H and O–H groups in total. The van der Waals surface area contributed by atoms with E-state index < -0.39 is 0 Å². The van der Waals surface area contributed by atoms with Crippen LogP contribution in [0.25, 0.3) is 5.69 Å². The van der Waals surface area contributed by atoms with Crippen molar-refractivity contribution in [3.8, 4) is 17.6 Å². The highest BCUT2D eigenvalue weighted by atomic mass is 16.5. The van der Waals surface area contributed by atoms with Crippen LogP contribution in [0.1, 0.15) is 35.5 Å². The summed E-state index contributed by atoms with van der Waals surface area (Å²) in [6.45, 7) is 4.00. The van der Waals surface area contributed by atoms with Crippen molar-refractivity contribution in [2.24, 2.45) is 12.8 Å². The van der Waals surface area contributed by atoms with Gasteiger partial charge in [-0.2, -0.15) is 10.4 Å². The summed E-state index contributed by atoms with van der Waals surface area (Å²) in [5.74, 6) is 1.36. The Kier molecular flexibility index (Phi) is 3.96. The highest BCUT2D eigenvalue weighted by molar-refractivity contribution is 5.56. The van der Waals surface area contributed by atoms with Gasteiger partial charge in [0.15, 0.2) is 0 Å². The third-order valence-corrected chi connectivity index (χ3v) is 4.94. The first kappa shape index (κ1) is 16.9. The minimum absolute atomic E-state index is 0.134. The maximum absolute atomic E-state index is 9.72. The summed E-state index contributed by atoms with van der Waals surface area (Å²) in [5.41, 5.74) is 10.3. The SMILES string of the molecule is CCc1nn(C)c2c1C(c1ccc(-n3ccnc3C)cc1)C(C#N)=C(N)O2. The van der Waals surface area contributed by atoms with Crippen molar-refractivity contribution in [2.45, 2.75) is 26.2 Å². The molecule has 3 heterocycles. The molecule has 7 heteroatoms. The first-order chi connectivity index (χ1) is 13.0. The van der Waals surface area contributed by atoms with Crippen LogP contribution in [0.15, 0.2) is 48.1 Å². The molecule has 0 amide bonds. The fourth-order valence-corrected chi connectivity index (χ4v) is 3.63. The molecule has 27 heavy (non-hydrogen) atoms. The highest BCUT2D eigenvalue weighted by Crippen LogP contribution is 2.43. The zero-order chi connectivity index (χ0) is 19.1. The number of aromatic nitrogens is 4. The number of aryl methyl sites for hydroxylation is 3. The van der Waals surface area contributed by atoms with Gasteiger partial charge in [-0.15, -0.1) is 0 Å². The Balaban J connectivity index is 1.85. The number of benzene rings is 1. The summed E-state index contributed by atoms with van der Waals surface area (Å²) in [5, 5.41) is 14.3. The third kappa shape index (κ3) is 2.57. The molecule has 7 nitrogen and oxygen atoms in total. The number of hydrogen-bond donors (Lipinski definition) is 1. The van der Waals surface area contributed by atoms with Crippen LogP contribution in [0.3, 0.4) is 0 Å². The van der Waals surface area contributed by atoms with E-state index in [0.717, 1.165) is 34.8 Å². The average molecular weight is 360 g/mol. The predicted molar refractivity (Wildman–Crippen MR) is 100 cm³/mol. The van der Waals surface area contributed by atoms with Crippen molar-refractivity contribution in [1.29, 1.82) is 5.26 Å². The molecule has 136 valence electrons. The molecule has 0 aliphatic carbocycles. The number of rotatable bonds is 3. The van der Waals surface area contributed by atoms with Crippen molar-refractivity contribution >= 4 is 0 Å². The minimum atomic E-state index is -0.291. The van der Waals surface area contributed by atoms with Crippen molar-refractivity contribution in [1.82, 2.24) is 19.3 Å². The van der Waals surface area contributed by atoms with Gasteiger partial charge in [-0.3, -0.25) is 0 Å². The van der Waals surface area contributed by atoms with Crippen LogP contribution in [0, 0.1) is 18.3 Å². The van der Waals surface area contributed by atoms with Gasteiger partial charge in [0.25, 0.3) is 0 Å². The second kappa shape index (κ2) is 6.32. The summed E-state index contributed by atoms with van der Waals surface area (Å²) in [6, 6.07) is 10.3. The molecule has 4 rings (SSSR count). The lowest BCUT2D eigenvalue weighted by molar-refractivity contribution is 0.358. The fraction of sp³-hybridized carbons (Fsp3) is 0.250. The van der Waals surface area contributed by atoms with E-state index >= 15 is 0 Å². The van der Waals surface area contributed by atoms with Gasteiger partial charge < -0.3 is 15.0 Å². The van der Waals surface area contributed by atoms with Crippen LogP contribution in [0.2, 0.25) is 0 Å². The number of nitriles is 1. The predicted octanol–water partition coefficient (Wildman–Crippen LogP) is 2.69. The van der Waals surface area contributed by atoms with E-state index in [9.17, 15) is 5.26 Å². The molecule has 1 atom stereocenters. The number of ether oxygens (including phenoxy) is 1. The first-order valence-corrected chi connectivity index (χ1v) is 8.78. The van der Waals surface area contributed by atoms with Gasteiger partial charge >= 0.3 is 0 Å². The van der Waals surface area contributed by atoms with Crippen molar-refractivity contribution < 1.29 is 4.74 Å². The van der Waals surface area contributed by atoms with Crippen LogP contribution in [0.5, 0.6) is 5.88 Å². The van der Waals surface area contributed by atoms with E-state index in [2.05, 4.69) is 16.2 Å². The van der Waals surface area contributed by atoms with E-state index in [-0.39, 0.29) is 11.8 Å². The summed E-state index contributed by atoms with van der Waals surface area (Å²) < 4.78 is 9.42. The Hall–Kier alpha value is -3.53. The highest BCUT2D eigenvalue weighted by Gasteiger charge is 2.35. The molecular weight excluding hydrogens is 340 g/mol. The van der Waals surface area contributed by atoms with E-state index in [1.807, 2.05) is 55.9 Å². The topological polar surface area (TPSA) is 94.7 Å². The lowest BCUT2D eigenvalue weighted by atomic mass is 9.83. The third-order valence-electron chi connectivity index (χ3n) is 4.94. The zero-order valence-corrected chi connectivity index (χ0v) is 15.5. The fourth-order valence-electron chi connectivity index (χ4n) is 3.63. The molecule has 0 saturated carbocycles.